The first-order valence-electron chi connectivity index (χ1n) is 7.29. The molecule has 1 amide bonds. The topological polar surface area (TPSA) is 41.1 Å². The van der Waals surface area contributed by atoms with E-state index in [9.17, 15) is 4.79 Å². The Hall–Kier alpha value is -1.35. The molecule has 1 atom stereocenters. The highest BCUT2D eigenvalue weighted by molar-refractivity contribution is 5.76. The van der Waals surface area contributed by atoms with Gasteiger partial charge in [0.25, 0.3) is 0 Å². The zero-order valence-corrected chi connectivity index (χ0v) is 11.5. The van der Waals surface area contributed by atoms with Crippen LogP contribution in [-0.4, -0.2) is 18.5 Å². The van der Waals surface area contributed by atoms with Gasteiger partial charge in [0, 0.05) is 24.5 Å². The Bertz CT molecular complexity index is 462. The molecule has 1 saturated heterocycles. The van der Waals surface area contributed by atoms with Crippen LogP contribution in [-0.2, 0) is 10.3 Å². The van der Waals surface area contributed by atoms with Crippen LogP contribution in [0.15, 0.2) is 24.3 Å². The molecule has 1 aromatic carbocycles. The first-order valence-corrected chi connectivity index (χ1v) is 7.29. The SMILES string of the molecule is Cc1ccc(C2(N[C@H]3CCNC(=O)CC3)CC2)cc1. The van der Waals surface area contributed by atoms with Gasteiger partial charge in [-0.2, -0.15) is 0 Å². The molecule has 3 heteroatoms. The molecule has 1 aliphatic heterocycles. The highest BCUT2D eigenvalue weighted by Crippen LogP contribution is 2.46. The van der Waals surface area contributed by atoms with Gasteiger partial charge in [-0.1, -0.05) is 29.8 Å². The van der Waals surface area contributed by atoms with Crippen LogP contribution in [0.25, 0.3) is 0 Å². The van der Waals surface area contributed by atoms with Gasteiger partial charge in [0.2, 0.25) is 5.91 Å². The largest absolute Gasteiger partial charge is 0.356 e. The van der Waals surface area contributed by atoms with Crippen molar-refractivity contribution in [2.24, 2.45) is 0 Å². The first-order chi connectivity index (χ1) is 9.18. The van der Waals surface area contributed by atoms with Gasteiger partial charge < -0.3 is 10.6 Å². The highest BCUT2D eigenvalue weighted by atomic mass is 16.1. The number of hydrogen-bond donors (Lipinski definition) is 2. The second kappa shape index (κ2) is 4.97. The molecule has 19 heavy (non-hydrogen) atoms. The molecule has 0 aromatic heterocycles. The van der Waals surface area contributed by atoms with Gasteiger partial charge in [0.1, 0.15) is 0 Å². The molecular weight excluding hydrogens is 236 g/mol. The lowest BCUT2D eigenvalue weighted by molar-refractivity contribution is -0.120. The Morgan fingerprint density at radius 1 is 1.21 bits per heavy atom. The molecule has 3 nitrogen and oxygen atoms in total. The Labute approximate surface area is 114 Å². The summed E-state index contributed by atoms with van der Waals surface area (Å²) >= 11 is 0. The van der Waals surface area contributed by atoms with Gasteiger partial charge in [-0.25, -0.2) is 0 Å². The lowest BCUT2D eigenvalue weighted by atomic mass is 10.00. The quantitative estimate of drug-likeness (QED) is 0.873. The van der Waals surface area contributed by atoms with E-state index >= 15 is 0 Å². The molecule has 1 aromatic rings. The highest BCUT2D eigenvalue weighted by Gasteiger charge is 2.45. The Morgan fingerprint density at radius 3 is 2.63 bits per heavy atom. The number of amides is 1. The van der Waals surface area contributed by atoms with Crippen molar-refractivity contribution < 1.29 is 4.79 Å². The second-order valence-electron chi connectivity index (χ2n) is 5.97. The number of aryl methyl sites for hydroxylation is 1. The van der Waals surface area contributed by atoms with Crippen molar-refractivity contribution in [3.05, 3.63) is 35.4 Å². The van der Waals surface area contributed by atoms with Crippen LogP contribution in [0, 0.1) is 6.92 Å². The molecular formula is C16H22N2O. The van der Waals surface area contributed by atoms with Gasteiger partial charge in [0.05, 0.1) is 0 Å². The van der Waals surface area contributed by atoms with E-state index < -0.39 is 0 Å². The number of carbonyl (C=O) groups excluding carboxylic acids is 1. The first kappa shape index (κ1) is 12.7. The standard InChI is InChI=1S/C16H22N2O/c1-12-2-4-13(5-3-12)16(9-10-16)18-14-6-7-15(19)17-11-8-14/h2-5,14,18H,6-11H2,1H3,(H,17,19)/t14-/m1/s1. The van der Waals surface area contributed by atoms with E-state index in [2.05, 4.69) is 41.8 Å². The Morgan fingerprint density at radius 2 is 1.95 bits per heavy atom. The molecule has 102 valence electrons. The van der Waals surface area contributed by atoms with Crippen molar-refractivity contribution in [2.75, 3.05) is 6.54 Å². The minimum Gasteiger partial charge on any atom is -0.356 e. The number of rotatable bonds is 3. The van der Waals surface area contributed by atoms with Gasteiger partial charge in [-0.15, -0.1) is 0 Å². The molecule has 2 N–H and O–H groups in total. The molecule has 0 bridgehead atoms. The fourth-order valence-electron chi connectivity index (χ4n) is 2.97. The summed E-state index contributed by atoms with van der Waals surface area (Å²) in [7, 11) is 0. The summed E-state index contributed by atoms with van der Waals surface area (Å²) in [5.74, 6) is 0.199. The van der Waals surface area contributed by atoms with E-state index in [4.69, 9.17) is 0 Å². The third-order valence-corrected chi connectivity index (χ3v) is 4.37. The molecule has 2 fully saturated rings. The summed E-state index contributed by atoms with van der Waals surface area (Å²) in [5.41, 5.74) is 2.90. The normalized spacial score (nSPS) is 25.5. The van der Waals surface area contributed by atoms with E-state index in [1.807, 2.05) is 0 Å². The fourth-order valence-corrected chi connectivity index (χ4v) is 2.97. The molecule has 3 rings (SSSR count). The van der Waals surface area contributed by atoms with Crippen LogP contribution in [0.2, 0.25) is 0 Å². The van der Waals surface area contributed by atoms with Gasteiger partial charge >= 0.3 is 0 Å². The van der Waals surface area contributed by atoms with Gasteiger partial charge in [0.15, 0.2) is 0 Å². The summed E-state index contributed by atoms with van der Waals surface area (Å²) in [6.45, 7) is 2.93. The van der Waals surface area contributed by atoms with Gasteiger partial charge in [-0.3, -0.25) is 4.79 Å². The third kappa shape index (κ3) is 2.81. The monoisotopic (exact) mass is 258 g/mol. The van der Waals surface area contributed by atoms with Crippen molar-refractivity contribution >= 4 is 5.91 Å². The molecule has 1 saturated carbocycles. The number of nitrogens with one attached hydrogen (secondary N) is 2. The predicted octanol–water partition coefficient (Wildman–Crippen LogP) is 2.24. The maximum Gasteiger partial charge on any atom is 0.220 e. The molecule has 1 heterocycles. The summed E-state index contributed by atoms with van der Waals surface area (Å²) < 4.78 is 0. The van der Waals surface area contributed by atoms with Crippen LogP contribution in [0.3, 0.4) is 0 Å². The van der Waals surface area contributed by atoms with E-state index in [1.54, 1.807) is 0 Å². The Balaban J connectivity index is 1.68. The van der Waals surface area contributed by atoms with E-state index in [0.29, 0.717) is 12.5 Å². The van der Waals surface area contributed by atoms with Crippen molar-refractivity contribution in [1.29, 1.82) is 0 Å². The average Bonchev–Trinajstić information content (AvgIpc) is 3.19. The molecule has 2 aliphatic rings. The Kier molecular flexibility index (Phi) is 3.31. The predicted molar refractivity (Wildman–Crippen MR) is 75.9 cm³/mol. The van der Waals surface area contributed by atoms with Crippen molar-refractivity contribution in [2.45, 2.75) is 50.6 Å². The zero-order chi connectivity index (χ0) is 13.3. The van der Waals surface area contributed by atoms with Gasteiger partial charge in [-0.05, 0) is 38.2 Å². The molecule has 0 unspecified atom stereocenters. The number of benzene rings is 1. The minimum atomic E-state index is 0.186. The van der Waals surface area contributed by atoms with Crippen LogP contribution in [0.5, 0.6) is 0 Å². The van der Waals surface area contributed by atoms with Crippen LogP contribution < -0.4 is 10.6 Å². The lowest BCUT2D eigenvalue weighted by Crippen LogP contribution is -2.38. The number of hydrogen-bond acceptors (Lipinski definition) is 2. The summed E-state index contributed by atoms with van der Waals surface area (Å²) in [4.78, 5) is 11.4. The smallest absolute Gasteiger partial charge is 0.220 e. The second-order valence-corrected chi connectivity index (χ2v) is 5.97. The maximum atomic E-state index is 11.4. The van der Waals surface area contributed by atoms with Crippen molar-refractivity contribution in [3.63, 3.8) is 0 Å². The van der Waals surface area contributed by atoms with E-state index in [0.717, 1.165) is 19.4 Å². The molecule has 0 radical (unpaired) electrons. The summed E-state index contributed by atoms with van der Waals surface area (Å²) in [6.07, 6.45) is 5.09. The van der Waals surface area contributed by atoms with Crippen molar-refractivity contribution in [1.82, 2.24) is 10.6 Å². The zero-order valence-electron chi connectivity index (χ0n) is 11.5. The van der Waals surface area contributed by atoms with E-state index in [1.165, 1.54) is 24.0 Å². The lowest BCUT2D eigenvalue weighted by Gasteiger charge is -2.25. The maximum absolute atomic E-state index is 11.4. The number of carbonyl (C=O) groups is 1. The fraction of sp³-hybridized carbons (Fsp3) is 0.562. The molecule has 0 spiro atoms. The van der Waals surface area contributed by atoms with Crippen molar-refractivity contribution in [3.8, 4) is 0 Å². The minimum absolute atomic E-state index is 0.186. The third-order valence-electron chi connectivity index (χ3n) is 4.37. The van der Waals surface area contributed by atoms with Crippen LogP contribution in [0.1, 0.15) is 43.2 Å². The molecule has 1 aliphatic carbocycles. The summed E-state index contributed by atoms with van der Waals surface area (Å²) in [6, 6.07) is 9.33. The van der Waals surface area contributed by atoms with Crippen LogP contribution in [0.4, 0.5) is 0 Å². The van der Waals surface area contributed by atoms with E-state index in [-0.39, 0.29) is 11.4 Å². The van der Waals surface area contributed by atoms with Crippen LogP contribution >= 0.6 is 0 Å². The summed E-state index contributed by atoms with van der Waals surface area (Å²) in [5, 5.41) is 6.76. The average molecular weight is 258 g/mol.